The zero-order valence-electron chi connectivity index (χ0n) is 9.04. The number of piperidine rings is 1. The second-order valence-electron chi connectivity index (χ2n) is 4.40. The van der Waals surface area contributed by atoms with Crippen molar-refractivity contribution in [2.24, 2.45) is 5.92 Å². The predicted molar refractivity (Wildman–Crippen MR) is 69.2 cm³/mol. The lowest BCUT2D eigenvalue weighted by molar-refractivity contribution is 0.447. The summed E-state index contributed by atoms with van der Waals surface area (Å²) in [5, 5.41) is 0. The Bertz CT molecular complexity index is 351. The van der Waals surface area contributed by atoms with Crippen LogP contribution in [0.1, 0.15) is 19.8 Å². The summed E-state index contributed by atoms with van der Waals surface area (Å²) in [7, 11) is 0. The Morgan fingerprint density at radius 1 is 1.47 bits per heavy atom. The fourth-order valence-corrected chi connectivity index (χ4v) is 2.60. The lowest BCUT2D eigenvalue weighted by Gasteiger charge is -2.33. The number of halogens is 1. The number of benzene rings is 1. The molecule has 0 bridgehead atoms. The molecule has 1 aliphatic heterocycles. The van der Waals surface area contributed by atoms with Gasteiger partial charge in [0.1, 0.15) is 0 Å². The van der Waals surface area contributed by atoms with Crippen molar-refractivity contribution in [1.29, 1.82) is 0 Å². The fraction of sp³-hybridized carbons (Fsp3) is 0.500. The summed E-state index contributed by atoms with van der Waals surface area (Å²) in [5.41, 5.74) is 8.08. The number of hydrogen-bond donors (Lipinski definition) is 1. The Morgan fingerprint density at radius 2 is 2.27 bits per heavy atom. The molecule has 0 aromatic heterocycles. The van der Waals surface area contributed by atoms with Crippen LogP contribution in [0.3, 0.4) is 0 Å². The first-order valence-corrected chi connectivity index (χ1v) is 6.26. The normalized spacial score (nSPS) is 21.7. The van der Waals surface area contributed by atoms with Gasteiger partial charge in [-0.1, -0.05) is 22.9 Å². The van der Waals surface area contributed by atoms with Crippen LogP contribution in [0.5, 0.6) is 0 Å². The van der Waals surface area contributed by atoms with Gasteiger partial charge >= 0.3 is 0 Å². The van der Waals surface area contributed by atoms with Crippen molar-refractivity contribution >= 4 is 27.3 Å². The standard InChI is InChI=1S/C12H17BrN2/c1-9-3-2-6-15(8-9)12-5-4-10(13)7-11(12)14/h4-5,7,9H,2-3,6,8,14H2,1H3/t9-/m1/s1. The summed E-state index contributed by atoms with van der Waals surface area (Å²) in [6, 6.07) is 6.15. The first-order chi connectivity index (χ1) is 7.16. The van der Waals surface area contributed by atoms with E-state index in [2.05, 4.69) is 39.9 Å². The van der Waals surface area contributed by atoms with E-state index >= 15 is 0 Å². The third-order valence-electron chi connectivity index (χ3n) is 2.99. The third kappa shape index (κ3) is 2.46. The van der Waals surface area contributed by atoms with Crippen LogP contribution in [0.15, 0.2) is 22.7 Å². The van der Waals surface area contributed by atoms with E-state index in [4.69, 9.17) is 5.73 Å². The summed E-state index contributed by atoms with van der Waals surface area (Å²) in [6.07, 6.45) is 2.61. The van der Waals surface area contributed by atoms with Crippen molar-refractivity contribution in [3.05, 3.63) is 22.7 Å². The molecule has 1 saturated heterocycles. The van der Waals surface area contributed by atoms with Crippen molar-refractivity contribution in [2.45, 2.75) is 19.8 Å². The van der Waals surface area contributed by atoms with Gasteiger partial charge in [-0.05, 0) is 37.0 Å². The number of anilines is 2. The van der Waals surface area contributed by atoms with E-state index in [9.17, 15) is 0 Å². The Hall–Kier alpha value is -0.700. The monoisotopic (exact) mass is 268 g/mol. The van der Waals surface area contributed by atoms with E-state index in [0.717, 1.165) is 29.2 Å². The first-order valence-electron chi connectivity index (χ1n) is 5.47. The minimum Gasteiger partial charge on any atom is -0.397 e. The quantitative estimate of drug-likeness (QED) is 0.793. The molecule has 1 aliphatic rings. The van der Waals surface area contributed by atoms with Crippen LogP contribution in [0, 0.1) is 5.92 Å². The highest BCUT2D eigenvalue weighted by Crippen LogP contribution is 2.30. The Balaban J connectivity index is 2.21. The van der Waals surface area contributed by atoms with Crippen molar-refractivity contribution in [3.63, 3.8) is 0 Å². The Morgan fingerprint density at radius 3 is 2.93 bits per heavy atom. The first kappa shape index (κ1) is 10.8. The summed E-state index contributed by atoms with van der Waals surface area (Å²) < 4.78 is 1.05. The van der Waals surface area contributed by atoms with Crippen LogP contribution in [0.25, 0.3) is 0 Å². The zero-order chi connectivity index (χ0) is 10.8. The number of nitrogens with zero attached hydrogens (tertiary/aromatic N) is 1. The number of nitrogens with two attached hydrogens (primary N) is 1. The van der Waals surface area contributed by atoms with Crippen LogP contribution in [-0.2, 0) is 0 Å². The molecule has 0 amide bonds. The molecule has 0 saturated carbocycles. The Kier molecular flexibility index (Phi) is 3.19. The van der Waals surface area contributed by atoms with E-state index in [1.807, 2.05) is 6.07 Å². The lowest BCUT2D eigenvalue weighted by Crippen LogP contribution is -2.34. The highest BCUT2D eigenvalue weighted by Gasteiger charge is 2.17. The molecular formula is C12H17BrN2. The molecular weight excluding hydrogens is 252 g/mol. The molecule has 15 heavy (non-hydrogen) atoms. The molecule has 3 heteroatoms. The molecule has 0 unspecified atom stereocenters. The maximum Gasteiger partial charge on any atom is 0.0600 e. The largest absolute Gasteiger partial charge is 0.397 e. The smallest absolute Gasteiger partial charge is 0.0600 e. The van der Waals surface area contributed by atoms with Crippen LogP contribution in [0.4, 0.5) is 11.4 Å². The predicted octanol–water partition coefficient (Wildman–Crippen LogP) is 3.27. The van der Waals surface area contributed by atoms with Crippen LogP contribution >= 0.6 is 15.9 Å². The van der Waals surface area contributed by atoms with E-state index in [1.165, 1.54) is 18.5 Å². The summed E-state index contributed by atoms with van der Waals surface area (Å²) in [6.45, 7) is 4.57. The van der Waals surface area contributed by atoms with Crippen LogP contribution in [-0.4, -0.2) is 13.1 Å². The summed E-state index contributed by atoms with van der Waals surface area (Å²) in [4.78, 5) is 2.40. The van der Waals surface area contributed by atoms with Crippen LogP contribution in [0.2, 0.25) is 0 Å². The average Bonchev–Trinajstić information content (AvgIpc) is 2.17. The van der Waals surface area contributed by atoms with Gasteiger partial charge in [-0.2, -0.15) is 0 Å². The van der Waals surface area contributed by atoms with E-state index in [-0.39, 0.29) is 0 Å². The molecule has 1 heterocycles. The zero-order valence-corrected chi connectivity index (χ0v) is 10.6. The minimum absolute atomic E-state index is 0.779. The van der Waals surface area contributed by atoms with Gasteiger partial charge in [0.2, 0.25) is 0 Å². The number of rotatable bonds is 1. The molecule has 1 aromatic rings. The third-order valence-corrected chi connectivity index (χ3v) is 3.48. The number of nitrogen functional groups attached to an aromatic ring is 1. The van der Waals surface area contributed by atoms with Crippen LogP contribution < -0.4 is 10.6 Å². The SMILES string of the molecule is C[C@@H]1CCCN(c2ccc(Br)cc2N)C1. The molecule has 1 atom stereocenters. The average molecular weight is 269 g/mol. The maximum atomic E-state index is 6.03. The molecule has 2 N–H and O–H groups in total. The van der Waals surface area contributed by atoms with E-state index in [1.54, 1.807) is 0 Å². The van der Waals surface area contributed by atoms with Gasteiger partial charge in [-0.3, -0.25) is 0 Å². The molecule has 1 aromatic carbocycles. The summed E-state index contributed by atoms with van der Waals surface area (Å²) >= 11 is 3.43. The number of hydrogen-bond acceptors (Lipinski definition) is 2. The maximum absolute atomic E-state index is 6.03. The van der Waals surface area contributed by atoms with Gasteiger partial charge in [-0.25, -0.2) is 0 Å². The van der Waals surface area contributed by atoms with Gasteiger partial charge in [-0.15, -0.1) is 0 Å². The van der Waals surface area contributed by atoms with E-state index in [0.29, 0.717) is 0 Å². The van der Waals surface area contributed by atoms with Crippen molar-refractivity contribution < 1.29 is 0 Å². The lowest BCUT2D eigenvalue weighted by atomic mass is 9.99. The minimum atomic E-state index is 0.779. The van der Waals surface area contributed by atoms with Gasteiger partial charge in [0.15, 0.2) is 0 Å². The fourth-order valence-electron chi connectivity index (χ4n) is 2.22. The molecule has 0 radical (unpaired) electrons. The van der Waals surface area contributed by atoms with Gasteiger partial charge in [0, 0.05) is 17.6 Å². The molecule has 82 valence electrons. The molecule has 0 aliphatic carbocycles. The van der Waals surface area contributed by atoms with Crippen molar-refractivity contribution in [3.8, 4) is 0 Å². The molecule has 0 spiro atoms. The molecule has 2 rings (SSSR count). The molecule has 2 nitrogen and oxygen atoms in total. The van der Waals surface area contributed by atoms with E-state index < -0.39 is 0 Å². The Labute approximate surface area is 99.6 Å². The van der Waals surface area contributed by atoms with Gasteiger partial charge < -0.3 is 10.6 Å². The highest BCUT2D eigenvalue weighted by molar-refractivity contribution is 9.10. The van der Waals surface area contributed by atoms with Crippen molar-refractivity contribution in [2.75, 3.05) is 23.7 Å². The topological polar surface area (TPSA) is 29.3 Å². The highest BCUT2D eigenvalue weighted by atomic mass is 79.9. The second kappa shape index (κ2) is 4.44. The summed E-state index contributed by atoms with van der Waals surface area (Å²) in [5.74, 6) is 0.779. The van der Waals surface area contributed by atoms with Gasteiger partial charge in [0.25, 0.3) is 0 Å². The molecule has 1 fully saturated rings. The second-order valence-corrected chi connectivity index (χ2v) is 5.31. The van der Waals surface area contributed by atoms with Crippen molar-refractivity contribution in [1.82, 2.24) is 0 Å². The van der Waals surface area contributed by atoms with Gasteiger partial charge in [0.05, 0.1) is 11.4 Å².